The molecule has 0 spiro atoms. The molecule has 0 aromatic carbocycles. The van der Waals surface area contributed by atoms with Gasteiger partial charge in [0.05, 0.1) is 6.67 Å². The third-order valence-corrected chi connectivity index (χ3v) is 4.13. The van der Waals surface area contributed by atoms with Crippen molar-refractivity contribution in [2.75, 3.05) is 33.9 Å². The maximum absolute atomic E-state index is 13.7. The van der Waals surface area contributed by atoms with Crippen LogP contribution in [0.2, 0.25) is 0 Å². The highest BCUT2D eigenvalue weighted by atomic mass is 19.3. The molecular weight excluding hydrogens is 257 g/mol. The Morgan fingerprint density at radius 2 is 1.89 bits per heavy atom. The van der Waals surface area contributed by atoms with Gasteiger partial charge in [0.15, 0.2) is 5.67 Å². The Bertz CT molecular complexity index is 283. The molecule has 1 aliphatic rings. The van der Waals surface area contributed by atoms with Gasteiger partial charge < -0.3 is 4.74 Å². The lowest BCUT2D eigenvalue weighted by atomic mass is 9.94. The normalized spacial score (nSPS) is 24.6. The van der Waals surface area contributed by atoms with Gasteiger partial charge in [-0.15, -0.1) is 0 Å². The van der Waals surface area contributed by atoms with Crippen molar-refractivity contribution in [2.24, 2.45) is 0 Å². The number of hydrogen-bond donors (Lipinski definition) is 0. The number of nitrogens with zero attached hydrogens (tertiary/aromatic N) is 2. The van der Waals surface area contributed by atoms with Crippen molar-refractivity contribution in [3.05, 3.63) is 0 Å². The van der Waals surface area contributed by atoms with Crippen LogP contribution in [0, 0.1) is 0 Å². The summed E-state index contributed by atoms with van der Waals surface area (Å²) in [5.41, 5.74) is -3.10. The van der Waals surface area contributed by atoms with Crippen LogP contribution in [0.5, 0.6) is 0 Å². The van der Waals surface area contributed by atoms with E-state index in [1.807, 2.05) is 14.0 Å². The molecule has 2 atom stereocenters. The monoisotopic (exact) mass is 282 g/mol. The molecule has 2 unspecified atom stereocenters. The Hall–Kier alpha value is -0.330. The van der Waals surface area contributed by atoms with E-state index in [1.54, 1.807) is 7.11 Å². The first-order valence-electron chi connectivity index (χ1n) is 6.73. The maximum Gasteiger partial charge on any atom is 0.271 e. The van der Waals surface area contributed by atoms with Gasteiger partial charge in [0.25, 0.3) is 6.43 Å². The maximum atomic E-state index is 13.7. The molecule has 1 rings (SSSR count). The molecule has 1 heterocycles. The van der Waals surface area contributed by atoms with E-state index in [2.05, 4.69) is 9.80 Å². The van der Waals surface area contributed by atoms with Crippen LogP contribution in [-0.2, 0) is 4.74 Å². The molecule has 0 amide bonds. The van der Waals surface area contributed by atoms with Gasteiger partial charge in [-0.25, -0.2) is 13.2 Å². The summed E-state index contributed by atoms with van der Waals surface area (Å²) in [6.07, 6.45) is -2.24. The molecule has 0 aromatic heterocycles. The first-order valence-corrected chi connectivity index (χ1v) is 6.73. The summed E-state index contributed by atoms with van der Waals surface area (Å²) in [6, 6.07) is 0. The van der Waals surface area contributed by atoms with Crippen LogP contribution in [0.4, 0.5) is 13.2 Å². The molecule has 0 aliphatic carbocycles. The first kappa shape index (κ1) is 16.7. The third kappa shape index (κ3) is 3.83. The standard InChI is InChI=1S/C13H25F3N2O/c1-5-13(19-4,18-9-8-17(3)10-18)7-6-12(2,16)11(14)15/h11H,5-10H2,1-4H3. The Kier molecular flexibility index (Phi) is 5.65. The summed E-state index contributed by atoms with van der Waals surface area (Å²) in [6.45, 7) is 5.35. The van der Waals surface area contributed by atoms with Crippen molar-refractivity contribution in [1.82, 2.24) is 9.80 Å². The average molecular weight is 282 g/mol. The quantitative estimate of drug-likeness (QED) is 0.714. The fourth-order valence-corrected chi connectivity index (χ4v) is 2.54. The smallest absolute Gasteiger partial charge is 0.271 e. The van der Waals surface area contributed by atoms with Gasteiger partial charge in [0.2, 0.25) is 0 Å². The lowest BCUT2D eigenvalue weighted by Gasteiger charge is -2.41. The Morgan fingerprint density at radius 3 is 2.26 bits per heavy atom. The van der Waals surface area contributed by atoms with Gasteiger partial charge >= 0.3 is 0 Å². The largest absolute Gasteiger partial charge is 0.364 e. The van der Waals surface area contributed by atoms with Gasteiger partial charge in [-0.05, 0) is 33.2 Å². The second-order valence-electron chi connectivity index (χ2n) is 5.57. The summed E-state index contributed by atoms with van der Waals surface area (Å²) in [7, 11) is 3.56. The van der Waals surface area contributed by atoms with Gasteiger partial charge in [-0.2, -0.15) is 0 Å². The molecular formula is C13H25F3N2O. The SMILES string of the molecule is CCC(CCC(C)(F)C(F)F)(OC)N1CCN(C)C1. The molecule has 114 valence electrons. The van der Waals surface area contributed by atoms with Crippen LogP contribution < -0.4 is 0 Å². The predicted molar refractivity (Wildman–Crippen MR) is 69.0 cm³/mol. The summed E-state index contributed by atoms with van der Waals surface area (Å²) >= 11 is 0. The molecule has 0 saturated carbocycles. The molecule has 19 heavy (non-hydrogen) atoms. The van der Waals surface area contributed by atoms with E-state index in [1.165, 1.54) is 0 Å². The number of ether oxygens (including phenoxy) is 1. The first-order chi connectivity index (χ1) is 8.77. The highest BCUT2D eigenvalue weighted by Gasteiger charge is 2.42. The van der Waals surface area contributed by atoms with Crippen molar-refractivity contribution in [1.29, 1.82) is 0 Å². The van der Waals surface area contributed by atoms with E-state index in [0.717, 1.165) is 26.7 Å². The van der Waals surface area contributed by atoms with Gasteiger partial charge in [-0.1, -0.05) is 6.92 Å². The zero-order valence-electron chi connectivity index (χ0n) is 12.3. The Balaban J connectivity index is 2.72. The molecule has 0 radical (unpaired) electrons. The molecule has 1 aliphatic heterocycles. The van der Waals surface area contributed by atoms with Crippen LogP contribution in [0.1, 0.15) is 33.1 Å². The number of halogens is 3. The van der Waals surface area contributed by atoms with Crippen molar-refractivity contribution in [2.45, 2.75) is 50.9 Å². The van der Waals surface area contributed by atoms with Crippen LogP contribution in [-0.4, -0.2) is 61.5 Å². The van der Waals surface area contributed by atoms with E-state index in [-0.39, 0.29) is 12.8 Å². The Labute approximate surface area is 113 Å². The molecule has 0 bridgehead atoms. The van der Waals surface area contributed by atoms with Crippen molar-refractivity contribution in [3.63, 3.8) is 0 Å². The van der Waals surface area contributed by atoms with Crippen molar-refractivity contribution < 1.29 is 17.9 Å². The van der Waals surface area contributed by atoms with E-state index in [0.29, 0.717) is 6.42 Å². The van der Waals surface area contributed by atoms with E-state index < -0.39 is 17.8 Å². The predicted octanol–water partition coefficient (Wildman–Crippen LogP) is 2.72. The minimum Gasteiger partial charge on any atom is -0.364 e. The topological polar surface area (TPSA) is 15.7 Å². The van der Waals surface area contributed by atoms with Crippen LogP contribution >= 0.6 is 0 Å². The zero-order valence-corrected chi connectivity index (χ0v) is 12.3. The average Bonchev–Trinajstić information content (AvgIpc) is 2.78. The molecule has 1 saturated heterocycles. The second kappa shape index (κ2) is 6.41. The summed E-state index contributed by atoms with van der Waals surface area (Å²) in [5.74, 6) is 0. The van der Waals surface area contributed by atoms with Gasteiger partial charge in [-0.3, -0.25) is 9.80 Å². The molecule has 0 N–H and O–H groups in total. The fraction of sp³-hybridized carbons (Fsp3) is 1.00. The minimum atomic E-state index is -2.96. The van der Waals surface area contributed by atoms with Crippen molar-refractivity contribution >= 4 is 0 Å². The van der Waals surface area contributed by atoms with Gasteiger partial charge in [0.1, 0.15) is 5.72 Å². The highest BCUT2D eigenvalue weighted by molar-refractivity contribution is 4.88. The van der Waals surface area contributed by atoms with Crippen LogP contribution in [0.3, 0.4) is 0 Å². The van der Waals surface area contributed by atoms with Crippen LogP contribution in [0.25, 0.3) is 0 Å². The summed E-state index contributed by atoms with van der Waals surface area (Å²) in [5, 5.41) is 0. The Morgan fingerprint density at radius 1 is 1.26 bits per heavy atom. The molecule has 0 aromatic rings. The zero-order chi connectivity index (χ0) is 14.7. The van der Waals surface area contributed by atoms with E-state index >= 15 is 0 Å². The number of hydrogen-bond acceptors (Lipinski definition) is 3. The molecule has 6 heteroatoms. The fourth-order valence-electron chi connectivity index (χ4n) is 2.54. The second-order valence-corrected chi connectivity index (χ2v) is 5.57. The summed E-state index contributed by atoms with van der Waals surface area (Å²) in [4.78, 5) is 4.24. The summed E-state index contributed by atoms with van der Waals surface area (Å²) < 4.78 is 44.5. The molecule has 3 nitrogen and oxygen atoms in total. The van der Waals surface area contributed by atoms with E-state index in [9.17, 15) is 13.2 Å². The van der Waals surface area contributed by atoms with Gasteiger partial charge in [0, 0.05) is 20.2 Å². The number of likely N-dealkylation sites (N-methyl/N-ethyl adjacent to an activating group) is 1. The van der Waals surface area contributed by atoms with E-state index in [4.69, 9.17) is 4.74 Å². The lowest BCUT2D eigenvalue weighted by Crippen LogP contribution is -2.50. The number of methoxy groups -OCH3 is 1. The highest BCUT2D eigenvalue weighted by Crippen LogP contribution is 2.34. The number of rotatable bonds is 7. The molecule has 1 fully saturated rings. The third-order valence-electron chi connectivity index (χ3n) is 4.13. The lowest BCUT2D eigenvalue weighted by molar-refractivity contribution is -0.150. The minimum absolute atomic E-state index is 0.202. The number of alkyl halides is 3. The van der Waals surface area contributed by atoms with Crippen LogP contribution in [0.15, 0.2) is 0 Å². The van der Waals surface area contributed by atoms with Crippen molar-refractivity contribution in [3.8, 4) is 0 Å².